The minimum absolute atomic E-state index is 0.0617. The summed E-state index contributed by atoms with van der Waals surface area (Å²) in [5, 5.41) is 0.585. The van der Waals surface area contributed by atoms with E-state index in [1.807, 2.05) is 26.0 Å². The molecule has 0 amide bonds. The van der Waals surface area contributed by atoms with Crippen LogP contribution in [0.3, 0.4) is 0 Å². The van der Waals surface area contributed by atoms with Crippen LogP contribution in [-0.2, 0) is 0 Å². The molecule has 0 N–H and O–H groups in total. The fourth-order valence-electron chi connectivity index (χ4n) is 2.98. The smallest absolute Gasteiger partial charge is 0.168 e. The fourth-order valence-corrected chi connectivity index (χ4v) is 3.29. The lowest BCUT2D eigenvalue weighted by Gasteiger charge is -2.08. The van der Waals surface area contributed by atoms with Crippen molar-refractivity contribution in [3.8, 4) is 0 Å². The SMILES string of the molecule is Cc1cc(Cl)c(C(=O)C2C(C)(C)C2(C)C)cc1C. The van der Waals surface area contributed by atoms with E-state index in [1.165, 1.54) is 0 Å². The summed E-state index contributed by atoms with van der Waals surface area (Å²) in [6.45, 7) is 12.7. The summed E-state index contributed by atoms with van der Waals surface area (Å²) < 4.78 is 0. The van der Waals surface area contributed by atoms with Crippen molar-refractivity contribution in [2.45, 2.75) is 41.5 Å². The lowest BCUT2D eigenvalue weighted by atomic mass is 9.98. The molecule has 0 atom stereocenters. The average Bonchev–Trinajstić information content (AvgIpc) is 2.62. The molecule has 0 aromatic heterocycles. The van der Waals surface area contributed by atoms with Crippen LogP contribution < -0.4 is 0 Å². The molecule has 1 aromatic rings. The minimum atomic E-state index is 0.0617. The molecule has 1 nitrogen and oxygen atoms in total. The Bertz CT molecular complexity index is 512. The first kappa shape index (κ1) is 13.6. The number of carbonyl (C=O) groups is 1. The molecule has 0 unspecified atom stereocenters. The van der Waals surface area contributed by atoms with Crippen molar-refractivity contribution in [2.75, 3.05) is 0 Å². The van der Waals surface area contributed by atoms with Gasteiger partial charge in [-0.05, 0) is 47.9 Å². The van der Waals surface area contributed by atoms with Gasteiger partial charge in [-0.15, -0.1) is 0 Å². The second-order valence-corrected chi connectivity index (χ2v) is 7.06. The van der Waals surface area contributed by atoms with Crippen LogP contribution in [0.1, 0.15) is 49.2 Å². The number of Topliss-reactive ketones (excluding diaryl/α,β-unsaturated/α-hetero) is 1. The van der Waals surface area contributed by atoms with Crippen LogP contribution in [0.4, 0.5) is 0 Å². The Morgan fingerprint density at radius 2 is 1.50 bits per heavy atom. The van der Waals surface area contributed by atoms with E-state index < -0.39 is 0 Å². The summed E-state index contributed by atoms with van der Waals surface area (Å²) in [5.41, 5.74) is 3.06. The summed E-state index contributed by atoms with van der Waals surface area (Å²) in [4.78, 5) is 12.6. The Morgan fingerprint density at radius 3 is 1.94 bits per heavy atom. The molecule has 1 saturated carbocycles. The van der Waals surface area contributed by atoms with Crippen LogP contribution in [0.25, 0.3) is 0 Å². The molecule has 0 aliphatic heterocycles. The second kappa shape index (κ2) is 3.84. The van der Waals surface area contributed by atoms with Gasteiger partial charge in [-0.1, -0.05) is 39.3 Å². The third kappa shape index (κ3) is 1.72. The van der Waals surface area contributed by atoms with E-state index in [9.17, 15) is 4.79 Å². The summed E-state index contributed by atoms with van der Waals surface area (Å²) in [5.74, 6) is 0.266. The highest BCUT2D eigenvalue weighted by atomic mass is 35.5. The van der Waals surface area contributed by atoms with E-state index in [0.717, 1.165) is 11.1 Å². The van der Waals surface area contributed by atoms with Crippen molar-refractivity contribution in [1.82, 2.24) is 0 Å². The van der Waals surface area contributed by atoms with Gasteiger partial charge in [0.25, 0.3) is 0 Å². The van der Waals surface area contributed by atoms with Gasteiger partial charge in [0.2, 0.25) is 0 Å². The zero-order valence-electron chi connectivity index (χ0n) is 12.0. The molecule has 0 heterocycles. The highest BCUT2D eigenvalue weighted by Gasteiger charge is 2.68. The Labute approximate surface area is 115 Å². The number of carbonyl (C=O) groups excluding carboxylic acids is 1. The van der Waals surface area contributed by atoms with Crippen molar-refractivity contribution < 1.29 is 4.79 Å². The highest BCUT2D eigenvalue weighted by Crippen LogP contribution is 2.69. The number of halogens is 1. The zero-order valence-corrected chi connectivity index (χ0v) is 12.8. The molecule has 1 aliphatic rings. The maximum absolute atomic E-state index is 12.6. The molecule has 1 aliphatic carbocycles. The van der Waals surface area contributed by atoms with Crippen molar-refractivity contribution in [3.05, 3.63) is 33.8 Å². The van der Waals surface area contributed by atoms with Gasteiger partial charge >= 0.3 is 0 Å². The van der Waals surface area contributed by atoms with Gasteiger partial charge in [0.15, 0.2) is 5.78 Å². The third-order valence-electron chi connectivity index (χ3n) is 5.13. The van der Waals surface area contributed by atoms with Crippen LogP contribution in [0.5, 0.6) is 0 Å². The van der Waals surface area contributed by atoms with Gasteiger partial charge < -0.3 is 0 Å². The first-order valence-electron chi connectivity index (χ1n) is 6.41. The van der Waals surface area contributed by atoms with Crippen LogP contribution in [0.2, 0.25) is 5.02 Å². The molecule has 1 fully saturated rings. The summed E-state index contributed by atoms with van der Waals surface area (Å²) in [7, 11) is 0. The lowest BCUT2D eigenvalue weighted by molar-refractivity contribution is 0.0945. The van der Waals surface area contributed by atoms with Crippen molar-refractivity contribution in [2.24, 2.45) is 16.7 Å². The monoisotopic (exact) mass is 264 g/mol. The molecular weight excluding hydrogens is 244 g/mol. The number of ketones is 1. The molecule has 0 saturated heterocycles. The van der Waals surface area contributed by atoms with Crippen molar-refractivity contribution >= 4 is 17.4 Å². The summed E-state index contributed by atoms with van der Waals surface area (Å²) in [6.07, 6.45) is 0. The molecule has 18 heavy (non-hydrogen) atoms. The van der Waals surface area contributed by atoms with Gasteiger partial charge in [0.05, 0.1) is 5.02 Å². The van der Waals surface area contributed by atoms with Crippen LogP contribution >= 0.6 is 11.6 Å². The highest BCUT2D eigenvalue weighted by molar-refractivity contribution is 6.34. The summed E-state index contributed by atoms with van der Waals surface area (Å²) >= 11 is 6.23. The lowest BCUT2D eigenvalue weighted by Crippen LogP contribution is -2.09. The normalized spacial score (nSPS) is 20.8. The third-order valence-corrected chi connectivity index (χ3v) is 5.44. The topological polar surface area (TPSA) is 17.1 Å². The second-order valence-electron chi connectivity index (χ2n) is 6.66. The van der Waals surface area contributed by atoms with E-state index in [-0.39, 0.29) is 22.5 Å². The fraction of sp³-hybridized carbons (Fsp3) is 0.562. The molecule has 0 radical (unpaired) electrons. The van der Waals surface area contributed by atoms with Gasteiger partial charge in [0.1, 0.15) is 0 Å². The van der Waals surface area contributed by atoms with Crippen molar-refractivity contribution in [1.29, 1.82) is 0 Å². The number of benzene rings is 1. The number of rotatable bonds is 2. The van der Waals surface area contributed by atoms with Gasteiger partial charge in [0, 0.05) is 11.5 Å². The first-order chi connectivity index (χ1) is 8.10. The molecule has 2 rings (SSSR count). The minimum Gasteiger partial charge on any atom is -0.294 e. The molecule has 1 aromatic carbocycles. The number of aryl methyl sites for hydroxylation is 2. The quantitative estimate of drug-likeness (QED) is 0.700. The van der Waals surface area contributed by atoms with Crippen LogP contribution in [0, 0.1) is 30.6 Å². The zero-order chi connectivity index (χ0) is 13.9. The Kier molecular flexibility index (Phi) is 2.90. The van der Waals surface area contributed by atoms with E-state index in [1.54, 1.807) is 0 Å². The van der Waals surface area contributed by atoms with E-state index in [0.29, 0.717) is 10.6 Å². The Balaban J connectivity index is 2.41. The molecule has 2 heteroatoms. The standard InChI is InChI=1S/C16H21ClO/c1-9-7-11(12(17)8-10(9)2)13(18)14-15(3,4)16(14,5)6/h7-8,14H,1-6H3. The largest absolute Gasteiger partial charge is 0.294 e. The van der Waals surface area contributed by atoms with E-state index in [4.69, 9.17) is 11.6 Å². The van der Waals surface area contributed by atoms with Crippen molar-refractivity contribution in [3.63, 3.8) is 0 Å². The maximum atomic E-state index is 12.6. The van der Waals surface area contributed by atoms with E-state index in [2.05, 4.69) is 27.7 Å². The predicted octanol–water partition coefficient (Wildman–Crippen LogP) is 4.82. The van der Waals surface area contributed by atoms with Crippen LogP contribution in [0.15, 0.2) is 12.1 Å². The van der Waals surface area contributed by atoms with Crippen LogP contribution in [-0.4, -0.2) is 5.78 Å². The Morgan fingerprint density at radius 1 is 1.06 bits per heavy atom. The Hall–Kier alpha value is -0.820. The number of hydrogen-bond acceptors (Lipinski definition) is 1. The van der Waals surface area contributed by atoms with Gasteiger partial charge in [-0.2, -0.15) is 0 Å². The molecule has 0 spiro atoms. The average molecular weight is 265 g/mol. The number of hydrogen-bond donors (Lipinski definition) is 0. The molecule has 0 bridgehead atoms. The molecular formula is C16H21ClO. The van der Waals surface area contributed by atoms with E-state index >= 15 is 0 Å². The predicted molar refractivity (Wildman–Crippen MR) is 76.3 cm³/mol. The summed E-state index contributed by atoms with van der Waals surface area (Å²) in [6, 6.07) is 3.83. The molecule has 98 valence electrons. The van der Waals surface area contributed by atoms with Gasteiger partial charge in [-0.3, -0.25) is 4.79 Å². The first-order valence-corrected chi connectivity index (χ1v) is 6.79. The van der Waals surface area contributed by atoms with Gasteiger partial charge in [-0.25, -0.2) is 0 Å². The maximum Gasteiger partial charge on any atom is 0.168 e.